The predicted molar refractivity (Wildman–Crippen MR) is 110 cm³/mol. The zero-order valence-electron chi connectivity index (χ0n) is 16.8. The maximum atomic E-state index is 13.1. The van der Waals surface area contributed by atoms with Gasteiger partial charge in [0.1, 0.15) is 11.4 Å². The number of hydrogen-bond acceptors (Lipinski definition) is 5. The molecule has 0 bridgehead atoms. The number of H-pyrrole nitrogens is 1. The number of amides is 1. The Morgan fingerprint density at radius 2 is 1.97 bits per heavy atom. The first-order valence-electron chi connectivity index (χ1n) is 10.3. The van der Waals surface area contributed by atoms with E-state index in [0.717, 1.165) is 23.4 Å². The van der Waals surface area contributed by atoms with Gasteiger partial charge in [-0.2, -0.15) is 10.2 Å². The first-order chi connectivity index (χ1) is 14.6. The Morgan fingerprint density at radius 1 is 1.20 bits per heavy atom. The van der Waals surface area contributed by atoms with Crippen molar-refractivity contribution < 1.29 is 14.6 Å². The molecule has 30 heavy (non-hydrogen) atoms. The molecule has 2 fully saturated rings. The maximum Gasteiger partial charge on any atom is 0.271 e. The number of aromatic amines is 1. The fourth-order valence-electron chi connectivity index (χ4n) is 4.85. The van der Waals surface area contributed by atoms with E-state index in [4.69, 9.17) is 4.74 Å². The molecular formula is C22H25N5O3. The van der Waals surface area contributed by atoms with Crippen LogP contribution in [0.5, 0.6) is 5.75 Å². The van der Waals surface area contributed by atoms with Gasteiger partial charge in [0.15, 0.2) is 0 Å². The third kappa shape index (κ3) is 3.37. The first-order valence-corrected chi connectivity index (χ1v) is 10.3. The number of nitrogens with one attached hydrogen (secondary N) is 1. The summed E-state index contributed by atoms with van der Waals surface area (Å²) in [6.07, 6.45) is 4.73. The highest BCUT2D eigenvalue weighted by Crippen LogP contribution is 2.41. The molecule has 0 spiro atoms. The fourth-order valence-corrected chi connectivity index (χ4v) is 4.85. The van der Waals surface area contributed by atoms with Crippen molar-refractivity contribution in [3.05, 3.63) is 54.5 Å². The monoisotopic (exact) mass is 407 g/mol. The van der Waals surface area contributed by atoms with Crippen molar-refractivity contribution in [2.75, 3.05) is 20.2 Å². The van der Waals surface area contributed by atoms with Crippen LogP contribution in [0.25, 0.3) is 11.3 Å². The Bertz CT molecular complexity index is 1010. The van der Waals surface area contributed by atoms with Gasteiger partial charge < -0.3 is 14.7 Å². The summed E-state index contributed by atoms with van der Waals surface area (Å²) in [5, 5.41) is 22.1. The van der Waals surface area contributed by atoms with E-state index in [1.165, 1.54) is 0 Å². The normalized spacial score (nSPS) is 25.9. The van der Waals surface area contributed by atoms with Crippen molar-refractivity contribution in [2.45, 2.75) is 25.0 Å². The fraction of sp³-hybridized carbons (Fsp3) is 0.409. The Kier molecular flexibility index (Phi) is 4.78. The van der Waals surface area contributed by atoms with E-state index in [-0.39, 0.29) is 11.9 Å². The molecule has 1 saturated carbocycles. The van der Waals surface area contributed by atoms with Crippen molar-refractivity contribution in [2.24, 2.45) is 11.8 Å². The Labute approximate surface area is 174 Å². The highest BCUT2D eigenvalue weighted by atomic mass is 16.5. The molecule has 0 radical (unpaired) electrons. The molecule has 5 rings (SSSR count). The van der Waals surface area contributed by atoms with Crippen molar-refractivity contribution in [1.82, 2.24) is 24.9 Å². The smallest absolute Gasteiger partial charge is 0.271 e. The van der Waals surface area contributed by atoms with E-state index in [1.807, 2.05) is 46.1 Å². The van der Waals surface area contributed by atoms with Crippen molar-refractivity contribution in [3.8, 4) is 17.0 Å². The number of ether oxygens (including phenoxy) is 1. The van der Waals surface area contributed by atoms with Crippen LogP contribution >= 0.6 is 0 Å². The Hall–Kier alpha value is -3.13. The molecule has 1 aliphatic heterocycles. The molecule has 0 unspecified atom stereocenters. The van der Waals surface area contributed by atoms with Crippen LogP contribution in [0, 0.1) is 11.8 Å². The highest BCUT2D eigenvalue weighted by molar-refractivity contribution is 5.93. The lowest BCUT2D eigenvalue weighted by atomic mass is 9.77. The van der Waals surface area contributed by atoms with Crippen molar-refractivity contribution in [1.29, 1.82) is 0 Å². The molecule has 3 aromatic rings. The molecular weight excluding hydrogens is 382 g/mol. The van der Waals surface area contributed by atoms with Gasteiger partial charge in [-0.15, -0.1) is 0 Å². The standard InChI is InChI=1S/C22H25N5O3/c1-30-17-5-3-14(4-6-17)18-11-19(25-24-18)22(29)26-12-15-9-20(27-8-2-7-23-27)21(28)10-16(15)13-26/h2-8,11,15-16,20-21,28H,9-10,12-13H2,1H3,(H,24,25)/t15-,16+,20-,21-/m1/s1. The van der Waals surface area contributed by atoms with Gasteiger partial charge in [-0.25, -0.2) is 0 Å². The molecule has 156 valence electrons. The van der Waals surface area contributed by atoms with Crippen LogP contribution in [0.2, 0.25) is 0 Å². The van der Waals surface area contributed by atoms with E-state index < -0.39 is 6.10 Å². The number of carbonyl (C=O) groups excluding carboxylic acids is 1. The van der Waals surface area contributed by atoms with Gasteiger partial charge >= 0.3 is 0 Å². The van der Waals surface area contributed by atoms with Crippen LogP contribution in [0.15, 0.2) is 48.8 Å². The van der Waals surface area contributed by atoms with E-state index in [0.29, 0.717) is 37.0 Å². The van der Waals surface area contributed by atoms with Gasteiger partial charge in [0, 0.05) is 31.0 Å². The van der Waals surface area contributed by atoms with E-state index in [2.05, 4.69) is 15.3 Å². The number of benzene rings is 1. The number of likely N-dealkylation sites (tertiary alicyclic amines) is 1. The second kappa shape index (κ2) is 7.60. The predicted octanol–water partition coefficient (Wildman–Crippen LogP) is 2.37. The van der Waals surface area contributed by atoms with Crippen LogP contribution in [0.3, 0.4) is 0 Å². The minimum absolute atomic E-state index is 0.0230. The summed E-state index contributed by atoms with van der Waals surface area (Å²) in [6.45, 7) is 1.37. The van der Waals surface area contributed by atoms with Crippen LogP contribution in [-0.2, 0) is 0 Å². The van der Waals surface area contributed by atoms with Gasteiger partial charge in [0.25, 0.3) is 5.91 Å². The average Bonchev–Trinajstić information content (AvgIpc) is 3.53. The number of methoxy groups -OCH3 is 1. The highest BCUT2D eigenvalue weighted by Gasteiger charge is 2.44. The maximum absolute atomic E-state index is 13.1. The van der Waals surface area contributed by atoms with Crippen molar-refractivity contribution >= 4 is 5.91 Å². The molecule has 2 aliphatic rings. The number of aliphatic hydroxyl groups is 1. The summed E-state index contributed by atoms with van der Waals surface area (Å²) in [4.78, 5) is 15.0. The lowest BCUT2D eigenvalue weighted by Gasteiger charge is -2.35. The third-order valence-electron chi connectivity index (χ3n) is 6.46. The molecule has 2 aromatic heterocycles. The summed E-state index contributed by atoms with van der Waals surface area (Å²) < 4.78 is 7.04. The second-order valence-corrected chi connectivity index (χ2v) is 8.22. The lowest BCUT2D eigenvalue weighted by molar-refractivity contribution is 0.0306. The Balaban J connectivity index is 1.28. The van der Waals surface area contributed by atoms with Gasteiger partial charge in [0.2, 0.25) is 0 Å². The number of nitrogens with zero attached hydrogens (tertiary/aromatic N) is 4. The third-order valence-corrected chi connectivity index (χ3v) is 6.46. The number of aromatic nitrogens is 4. The van der Waals surface area contributed by atoms with Gasteiger partial charge in [0.05, 0.1) is 24.9 Å². The quantitative estimate of drug-likeness (QED) is 0.692. The van der Waals surface area contributed by atoms with E-state index in [9.17, 15) is 9.90 Å². The summed E-state index contributed by atoms with van der Waals surface area (Å²) in [5.41, 5.74) is 2.14. The first kappa shape index (κ1) is 18.9. The second-order valence-electron chi connectivity index (χ2n) is 8.22. The molecule has 3 heterocycles. The Morgan fingerprint density at radius 3 is 2.67 bits per heavy atom. The van der Waals surface area contributed by atoms with Crippen LogP contribution in [0.4, 0.5) is 0 Å². The largest absolute Gasteiger partial charge is 0.497 e. The number of carbonyl (C=O) groups is 1. The van der Waals surface area contributed by atoms with E-state index >= 15 is 0 Å². The SMILES string of the molecule is COc1ccc(-c2cc(C(=O)N3C[C@H]4C[C@@H](n5cccn5)[C@H](O)C[C@H]4C3)[nH]n2)cc1. The topological polar surface area (TPSA) is 96.3 Å². The number of fused-ring (bicyclic) bond motifs is 1. The zero-order chi connectivity index (χ0) is 20.7. The van der Waals surface area contributed by atoms with Crippen LogP contribution in [-0.4, -0.2) is 62.2 Å². The molecule has 1 aliphatic carbocycles. The number of hydrogen-bond donors (Lipinski definition) is 2. The van der Waals surface area contributed by atoms with Crippen molar-refractivity contribution in [3.63, 3.8) is 0 Å². The molecule has 8 nitrogen and oxygen atoms in total. The number of rotatable bonds is 4. The lowest BCUT2D eigenvalue weighted by Crippen LogP contribution is -2.36. The summed E-state index contributed by atoms with van der Waals surface area (Å²) in [5.74, 6) is 1.43. The minimum atomic E-state index is -0.435. The molecule has 2 N–H and O–H groups in total. The zero-order valence-corrected chi connectivity index (χ0v) is 16.8. The molecule has 1 amide bonds. The van der Waals surface area contributed by atoms with Gasteiger partial charge in [-0.05, 0) is 61.1 Å². The summed E-state index contributed by atoms with van der Waals surface area (Å²) in [6, 6.07) is 11.2. The number of aliphatic hydroxyl groups excluding tert-OH is 1. The molecule has 1 saturated heterocycles. The van der Waals surface area contributed by atoms with E-state index in [1.54, 1.807) is 19.4 Å². The summed E-state index contributed by atoms with van der Waals surface area (Å²) >= 11 is 0. The average molecular weight is 407 g/mol. The minimum Gasteiger partial charge on any atom is -0.497 e. The van der Waals surface area contributed by atoms with Crippen LogP contribution in [0.1, 0.15) is 29.4 Å². The van der Waals surface area contributed by atoms with Gasteiger partial charge in [-0.1, -0.05) is 0 Å². The molecule has 1 aromatic carbocycles. The molecule has 4 atom stereocenters. The van der Waals surface area contributed by atoms with Crippen LogP contribution < -0.4 is 4.74 Å². The molecule has 8 heteroatoms. The van der Waals surface area contributed by atoms with Gasteiger partial charge in [-0.3, -0.25) is 14.6 Å². The summed E-state index contributed by atoms with van der Waals surface area (Å²) in [7, 11) is 1.63.